The molecule has 0 radical (unpaired) electrons. The molecular weight excluding hydrogens is 348 g/mol. The maximum Gasteiger partial charge on any atom is 0.124 e. The average molecular weight is 377 g/mol. The van der Waals surface area contributed by atoms with Crippen LogP contribution in [0.1, 0.15) is 34.8 Å². The van der Waals surface area contributed by atoms with Gasteiger partial charge in [0.2, 0.25) is 0 Å². The van der Waals surface area contributed by atoms with Crippen LogP contribution in [0.15, 0.2) is 60.8 Å². The van der Waals surface area contributed by atoms with Crippen molar-refractivity contribution in [2.45, 2.75) is 32.5 Å². The minimum atomic E-state index is 0.115. The molecule has 4 heteroatoms. The number of hydrogen-bond donors (Lipinski definition) is 0. The Morgan fingerprint density at radius 1 is 0.964 bits per heavy atom. The Labute approximate surface area is 167 Å². The molecule has 0 aliphatic carbocycles. The second-order valence-electron chi connectivity index (χ2n) is 7.45. The van der Waals surface area contributed by atoms with Crippen LogP contribution >= 0.6 is 0 Å². The van der Waals surface area contributed by atoms with Crippen molar-refractivity contribution in [3.8, 4) is 11.5 Å². The molecule has 0 amide bonds. The van der Waals surface area contributed by atoms with Crippen LogP contribution in [0.25, 0.3) is 0 Å². The first-order chi connectivity index (χ1) is 13.7. The summed E-state index contributed by atoms with van der Waals surface area (Å²) < 4.78 is 13.7. The first-order valence-corrected chi connectivity index (χ1v) is 9.86. The van der Waals surface area contributed by atoms with E-state index in [1.54, 1.807) is 14.2 Å². The lowest BCUT2D eigenvalue weighted by molar-refractivity contribution is 0.216. The van der Waals surface area contributed by atoms with Crippen LogP contribution in [-0.2, 0) is 13.1 Å². The minimum absolute atomic E-state index is 0.115. The molecule has 2 aromatic carbocycles. The molecule has 4 nitrogen and oxygen atoms in total. The van der Waals surface area contributed by atoms with Crippen molar-refractivity contribution < 1.29 is 9.47 Å². The molecule has 0 spiro atoms. The Bertz CT molecular complexity index is 930. The van der Waals surface area contributed by atoms with E-state index in [1.165, 1.54) is 16.8 Å². The summed E-state index contributed by atoms with van der Waals surface area (Å²) >= 11 is 0. The fourth-order valence-electron chi connectivity index (χ4n) is 4.15. The molecule has 1 aromatic heterocycles. The Balaban J connectivity index is 1.80. The lowest BCUT2D eigenvalue weighted by atomic mass is 9.99. The van der Waals surface area contributed by atoms with Crippen molar-refractivity contribution in [1.29, 1.82) is 0 Å². The van der Waals surface area contributed by atoms with Gasteiger partial charge >= 0.3 is 0 Å². The molecule has 1 atom stereocenters. The van der Waals surface area contributed by atoms with E-state index < -0.39 is 0 Å². The van der Waals surface area contributed by atoms with E-state index in [0.29, 0.717) is 0 Å². The van der Waals surface area contributed by atoms with Crippen molar-refractivity contribution in [1.82, 2.24) is 9.47 Å². The molecule has 0 saturated heterocycles. The number of benzene rings is 2. The standard InChI is InChI=1S/C24H28N2O2/c1-18-7-9-19(10-8-18)17-26-15-5-14-25-13-4-6-22(25)24(26)21-16-20(27-2)11-12-23(21)28-3/h4,6-13,16,24H,5,14-15,17H2,1-3H3/t24-/m1/s1. The SMILES string of the molecule is COc1ccc(OC)c([C@@H]2c3cccn3CCCN2Cc2ccc(C)cc2)c1. The second kappa shape index (κ2) is 8.11. The van der Waals surface area contributed by atoms with E-state index in [2.05, 4.69) is 65.1 Å². The molecule has 0 N–H and O–H groups in total. The largest absolute Gasteiger partial charge is 0.497 e. The van der Waals surface area contributed by atoms with E-state index in [1.807, 2.05) is 12.1 Å². The summed E-state index contributed by atoms with van der Waals surface area (Å²) in [6, 6.07) is 19.4. The third-order valence-electron chi connectivity index (χ3n) is 5.59. The fraction of sp³-hybridized carbons (Fsp3) is 0.333. The van der Waals surface area contributed by atoms with E-state index in [4.69, 9.17) is 9.47 Å². The van der Waals surface area contributed by atoms with E-state index in [0.717, 1.165) is 43.1 Å². The number of rotatable bonds is 5. The highest BCUT2D eigenvalue weighted by Crippen LogP contribution is 2.39. The molecule has 1 aliphatic rings. The predicted molar refractivity (Wildman–Crippen MR) is 112 cm³/mol. The molecule has 28 heavy (non-hydrogen) atoms. The molecule has 0 unspecified atom stereocenters. The van der Waals surface area contributed by atoms with Gasteiger partial charge < -0.3 is 14.0 Å². The fourth-order valence-corrected chi connectivity index (χ4v) is 4.15. The van der Waals surface area contributed by atoms with Crippen molar-refractivity contribution in [3.63, 3.8) is 0 Å². The number of methoxy groups -OCH3 is 2. The maximum absolute atomic E-state index is 5.75. The quantitative estimate of drug-likeness (QED) is 0.639. The number of aryl methyl sites for hydroxylation is 2. The molecule has 0 bridgehead atoms. The van der Waals surface area contributed by atoms with Gasteiger partial charge in [-0.1, -0.05) is 29.8 Å². The van der Waals surface area contributed by atoms with Crippen molar-refractivity contribution in [2.24, 2.45) is 0 Å². The summed E-state index contributed by atoms with van der Waals surface area (Å²) in [5.74, 6) is 1.75. The number of hydrogen-bond acceptors (Lipinski definition) is 3. The smallest absolute Gasteiger partial charge is 0.124 e. The van der Waals surface area contributed by atoms with E-state index >= 15 is 0 Å². The lowest BCUT2D eigenvalue weighted by Crippen LogP contribution is -2.29. The van der Waals surface area contributed by atoms with Gasteiger partial charge in [0.05, 0.1) is 20.3 Å². The van der Waals surface area contributed by atoms with Crippen LogP contribution in [0.5, 0.6) is 11.5 Å². The summed E-state index contributed by atoms with van der Waals surface area (Å²) in [6.45, 7) is 5.10. The van der Waals surface area contributed by atoms with Gasteiger partial charge in [-0.15, -0.1) is 0 Å². The van der Waals surface area contributed by atoms with Gasteiger partial charge in [0.25, 0.3) is 0 Å². The normalized spacial score (nSPS) is 17.0. The molecule has 2 heterocycles. The van der Waals surface area contributed by atoms with Gasteiger partial charge in [-0.05, 0) is 49.2 Å². The zero-order valence-corrected chi connectivity index (χ0v) is 16.9. The number of aromatic nitrogens is 1. The Morgan fingerprint density at radius 2 is 1.79 bits per heavy atom. The molecule has 1 aliphatic heterocycles. The third kappa shape index (κ3) is 3.65. The Hall–Kier alpha value is -2.72. The van der Waals surface area contributed by atoms with Gasteiger partial charge in [-0.3, -0.25) is 4.90 Å². The van der Waals surface area contributed by atoms with Crippen LogP contribution in [0.3, 0.4) is 0 Å². The van der Waals surface area contributed by atoms with Crippen LogP contribution in [0.4, 0.5) is 0 Å². The van der Waals surface area contributed by atoms with E-state index in [-0.39, 0.29) is 6.04 Å². The van der Waals surface area contributed by atoms with Gasteiger partial charge in [0, 0.05) is 37.1 Å². The van der Waals surface area contributed by atoms with Gasteiger partial charge in [0.1, 0.15) is 11.5 Å². The maximum atomic E-state index is 5.75. The molecule has 146 valence electrons. The number of ether oxygens (including phenoxy) is 2. The monoisotopic (exact) mass is 376 g/mol. The number of nitrogens with zero attached hydrogens (tertiary/aromatic N) is 2. The topological polar surface area (TPSA) is 26.6 Å². The molecule has 0 fully saturated rings. The van der Waals surface area contributed by atoms with Gasteiger partial charge in [-0.2, -0.15) is 0 Å². The zero-order chi connectivity index (χ0) is 19.5. The first kappa shape index (κ1) is 18.6. The molecule has 4 rings (SSSR count). The zero-order valence-electron chi connectivity index (χ0n) is 16.9. The average Bonchev–Trinajstić information content (AvgIpc) is 3.11. The van der Waals surface area contributed by atoms with Crippen LogP contribution < -0.4 is 9.47 Å². The summed E-state index contributed by atoms with van der Waals surface area (Å²) in [5, 5.41) is 0. The summed E-state index contributed by atoms with van der Waals surface area (Å²) in [5.41, 5.74) is 5.07. The lowest BCUT2D eigenvalue weighted by Gasteiger charge is -2.31. The molecule has 0 saturated carbocycles. The molecule has 3 aromatic rings. The van der Waals surface area contributed by atoms with Crippen molar-refractivity contribution in [3.05, 3.63) is 83.2 Å². The number of fused-ring (bicyclic) bond motifs is 1. The van der Waals surface area contributed by atoms with Crippen molar-refractivity contribution in [2.75, 3.05) is 20.8 Å². The van der Waals surface area contributed by atoms with E-state index in [9.17, 15) is 0 Å². The minimum Gasteiger partial charge on any atom is -0.497 e. The Morgan fingerprint density at radius 3 is 2.54 bits per heavy atom. The third-order valence-corrected chi connectivity index (χ3v) is 5.59. The van der Waals surface area contributed by atoms with Crippen LogP contribution in [0.2, 0.25) is 0 Å². The predicted octanol–water partition coefficient (Wildman–Crippen LogP) is 4.81. The summed E-state index contributed by atoms with van der Waals surface area (Å²) in [4.78, 5) is 2.56. The summed E-state index contributed by atoms with van der Waals surface area (Å²) in [7, 11) is 3.46. The highest BCUT2D eigenvalue weighted by atomic mass is 16.5. The van der Waals surface area contributed by atoms with Crippen LogP contribution in [0, 0.1) is 6.92 Å². The highest BCUT2D eigenvalue weighted by Gasteiger charge is 2.30. The van der Waals surface area contributed by atoms with Crippen molar-refractivity contribution >= 4 is 0 Å². The Kier molecular flexibility index (Phi) is 5.40. The molecular formula is C24H28N2O2. The first-order valence-electron chi connectivity index (χ1n) is 9.86. The van der Waals surface area contributed by atoms with Crippen LogP contribution in [-0.4, -0.2) is 30.2 Å². The van der Waals surface area contributed by atoms with Gasteiger partial charge in [-0.25, -0.2) is 0 Å². The second-order valence-corrected chi connectivity index (χ2v) is 7.45. The highest BCUT2D eigenvalue weighted by molar-refractivity contribution is 5.45. The summed E-state index contributed by atoms with van der Waals surface area (Å²) in [6.07, 6.45) is 3.31. The van der Waals surface area contributed by atoms with Gasteiger partial charge in [0.15, 0.2) is 0 Å².